The first kappa shape index (κ1) is 15.8. The summed E-state index contributed by atoms with van der Waals surface area (Å²) in [5.41, 5.74) is 5.80. The number of fused-ring (bicyclic) bond motifs is 1. The molecule has 8 nitrogen and oxygen atoms in total. The fourth-order valence-electron chi connectivity index (χ4n) is 2.53. The third-order valence-corrected chi connectivity index (χ3v) is 3.79. The summed E-state index contributed by atoms with van der Waals surface area (Å²) in [4.78, 5) is 25.2. The molecule has 1 aromatic carbocycles. The number of urea groups is 1. The van der Waals surface area contributed by atoms with Crippen LogP contribution in [0, 0.1) is 11.6 Å². The molecule has 24 heavy (non-hydrogen) atoms. The van der Waals surface area contributed by atoms with Crippen molar-refractivity contribution in [3.05, 3.63) is 41.2 Å². The van der Waals surface area contributed by atoms with Gasteiger partial charge in [-0.2, -0.15) is 0 Å². The maximum atomic E-state index is 13.2. The van der Waals surface area contributed by atoms with Crippen molar-refractivity contribution >= 4 is 17.6 Å². The van der Waals surface area contributed by atoms with Gasteiger partial charge in [-0.25, -0.2) is 18.3 Å². The van der Waals surface area contributed by atoms with Gasteiger partial charge in [-0.05, 0) is 19.1 Å². The Morgan fingerprint density at radius 1 is 1.33 bits per heavy atom. The normalized spacial score (nSPS) is 16.6. The van der Waals surface area contributed by atoms with Crippen molar-refractivity contribution in [2.24, 2.45) is 5.73 Å². The number of carbonyl (C=O) groups excluding carboxylic acids is 2. The van der Waals surface area contributed by atoms with E-state index in [4.69, 9.17) is 5.73 Å². The number of amides is 3. The first-order valence-corrected chi connectivity index (χ1v) is 7.11. The zero-order valence-corrected chi connectivity index (χ0v) is 12.7. The Kier molecular flexibility index (Phi) is 3.87. The number of halogens is 2. The van der Waals surface area contributed by atoms with E-state index in [0.29, 0.717) is 12.2 Å². The summed E-state index contributed by atoms with van der Waals surface area (Å²) in [6.07, 6.45) is 0. The highest BCUT2D eigenvalue weighted by atomic mass is 19.2. The van der Waals surface area contributed by atoms with Crippen molar-refractivity contribution in [1.29, 1.82) is 0 Å². The smallest absolute Gasteiger partial charge is 0.322 e. The van der Waals surface area contributed by atoms with Gasteiger partial charge >= 0.3 is 6.03 Å². The maximum absolute atomic E-state index is 13.2. The van der Waals surface area contributed by atoms with Crippen LogP contribution in [0.25, 0.3) is 0 Å². The summed E-state index contributed by atoms with van der Waals surface area (Å²) in [6, 6.07) is 2.31. The van der Waals surface area contributed by atoms with Crippen LogP contribution < -0.4 is 11.1 Å². The van der Waals surface area contributed by atoms with E-state index in [2.05, 4.69) is 15.6 Å². The van der Waals surface area contributed by atoms with Crippen molar-refractivity contribution in [2.45, 2.75) is 26.1 Å². The number of nitrogens with one attached hydrogen (secondary N) is 1. The fraction of sp³-hybridized carbons (Fsp3) is 0.286. The summed E-state index contributed by atoms with van der Waals surface area (Å²) < 4.78 is 27.7. The minimum absolute atomic E-state index is 0.00697. The van der Waals surface area contributed by atoms with E-state index in [1.165, 1.54) is 15.6 Å². The van der Waals surface area contributed by atoms with Crippen LogP contribution >= 0.6 is 0 Å². The van der Waals surface area contributed by atoms with E-state index in [9.17, 15) is 18.4 Å². The molecule has 1 aliphatic rings. The molecule has 3 N–H and O–H groups in total. The number of carbonyl (C=O) groups is 2. The Bertz CT molecular complexity index is 822. The minimum Gasteiger partial charge on any atom is -0.364 e. The minimum atomic E-state index is -1.06. The van der Waals surface area contributed by atoms with Crippen LogP contribution in [0.2, 0.25) is 0 Å². The molecular formula is C14H14F2N6O2. The molecule has 10 heteroatoms. The Balaban J connectivity index is 1.80. The molecule has 2 aromatic rings. The van der Waals surface area contributed by atoms with Gasteiger partial charge in [-0.15, -0.1) is 5.10 Å². The third-order valence-electron chi connectivity index (χ3n) is 3.79. The van der Waals surface area contributed by atoms with Gasteiger partial charge in [-0.3, -0.25) is 4.79 Å². The molecule has 126 valence electrons. The molecule has 0 saturated carbocycles. The Morgan fingerprint density at radius 2 is 2.08 bits per heavy atom. The molecule has 3 amide bonds. The van der Waals surface area contributed by atoms with Crippen molar-refractivity contribution < 1.29 is 18.4 Å². The van der Waals surface area contributed by atoms with Crippen LogP contribution in [-0.2, 0) is 13.1 Å². The van der Waals surface area contributed by atoms with Crippen molar-refractivity contribution in [1.82, 2.24) is 19.9 Å². The van der Waals surface area contributed by atoms with Gasteiger partial charge in [-0.1, -0.05) is 5.21 Å². The first-order chi connectivity index (χ1) is 11.4. The number of hydrogen-bond acceptors (Lipinski definition) is 4. The van der Waals surface area contributed by atoms with Crippen LogP contribution in [0.15, 0.2) is 18.2 Å². The van der Waals surface area contributed by atoms with Crippen molar-refractivity contribution in [3.8, 4) is 0 Å². The second-order valence-corrected chi connectivity index (χ2v) is 5.47. The molecule has 0 spiro atoms. The topological polar surface area (TPSA) is 106 Å². The van der Waals surface area contributed by atoms with Gasteiger partial charge < -0.3 is 16.0 Å². The number of hydrogen-bond donors (Lipinski definition) is 2. The predicted molar refractivity (Wildman–Crippen MR) is 78.9 cm³/mol. The molecular weight excluding hydrogens is 322 g/mol. The van der Waals surface area contributed by atoms with Crippen LogP contribution in [0.3, 0.4) is 0 Å². The zero-order chi connectivity index (χ0) is 17.4. The number of primary amides is 1. The quantitative estimate of drug-likeness (QED) is 0.856. The largest absolute Gasteiger partial charge is 0.364 e. The maximum Gasteiger partial charge on any atom is 0.322 e. The summed E-state index contributed by atoms with van der Waals surface area (Å²) in [6.45, 7) is 2.20. The lowest BCUT2D eigenvalue weighted by molar-refractivity contribution is 0.0991. The van der Waals surface area contributed by atoms with Crippen LogP contribution in [0.4, 0.5) is 19.3 Å². The van der Waals surface area contributed by atoms with E-state index in [1.807, 2.05) is 0 Å². The van der Waals surface area contributed by atoms with Crippen molar-refractivity contribution in [2.75, 3.05) is 5.32 Å². The lowest BCUT2D eigenvalue weighted by Crippen LogP contribution is -2.47. The second kappa shape index (κ2) is 5.87. The van der Waals surface area contributed by atoms with Crippen LogP contribution in [0.5, 0.6) is 0 Å². The van der Waals surface area contributed by atoms with Crippen LogP contribution in [0.1, 0.15) is 23.1 Å². The highest BCUT2D eigenvalue weighted by Crippen LogP contribution is 2.21. The molecule has 3 rings (SSSR count). The Morgan fingerprint density at radius 3 is 2.75 bits per heavy atom. The summed E-state index contributed by atoms with van der Waals surface area (Å²) in [5, 5.41) is 10.1. The molecule has 0 saturated heterocycles. The van der Waals surface area contributed by atoms with Crippen LogP contribution in [-0.4, -0.2) is 37.9 Å². The number of anilines is 1. The van der Waals surface area contributed by atoms with Gasteiger partial charge in [0.05, 0.1) is 24.8 Å². The van der Waals surface area contributed by atoms with E-state index in [0.717, 1.165) is 12.1 Å². The highest BCUT2D eigenvalue weighted by molar-refractivity contribution is 5.92. The third kappa shape index (κ3) is 2.77. The summed E-state index contributed by atoms with van der Waals surface area (Å²) >= 11 is 0. The van der Waals surface area contributed by atoms with Crippen molar-refractivity contribution in [3.63, 3.8) is 0 Å². The van der Waals surface area contributed by atoms with Gasteiger partial charge in [0.1, 0.15) is 0 Å². The van der Waals surface area contributed by atoms with E-state index < -0.39 is 23.6 Å². The molecule has 0 radical (unpaired) electrons. The number of benzene rings is 1. The predicted octanol–water partition coefficient (Wildman–Crippen LogP) is 1.09. The average Bonchev–Trinajstić information content (AvgIpc) is 2.92. The molecule has 0 fully saturated rings. The monoisotopic (exact) mass is 336 g/mol. The molecule has 2 heterocycles. The lowest BCUT2D eigenvalue weighted by atomic mass is 10.1. The average molecular weight is 336 g/mol. The number of aromatic nitrogens is 3. The fourth-order valence-corrected chi connectivity index (χ4v) is 2.53. The molecule has 1 atom stereocenters. The highest BCUT2D eigenvalue weighted by Gasteiger charge is 2.31. The first-order valence-electron chi connectivity index (χ1n) is 7.11. The van der Waals surface area contributed by atoms with Gasteiger partial charge in [0, 0.05) is 11.8 Å². The second-order valence-electron chi connectivity index (χ2n) is 5.47. The lowest BCUT2D eigenvalue weighted by Gasteiger charge is -2.33. The van der Waals surface area contributed by atoms with E-state index in [-0.39, 0.29) is 24.0 Å². The molecule has 1 aliphatic heterocycles. The molecule has 1 aromatic heterocycles. The molecule has 0 bridgehead atoms. The summed E-state index contributed by atoms with van der Waals surface area (Å²) in [7, 11) is 0. The SMILES string of the molecule is C[C@H]1Cn2nnc(C(N)=O)c2CN1C(=O)Nc1ccc(F)c(F)c1. The molecule has 0 aliphatic carbocycles. The van der Waals surface area contributed by atoms with E-state index in [1.54, 1.807) is 6.92 Å². The standard InChI is InChI=1S/C14H14F2N6O2/c1-7-5-22-11(12(13(17)23)19-20-22)6-21(7)14(24)18-8-2-3-9(15)10(16)4-8/h2-4,7H,5-6H2,1H3,(H2,17,23)(H,18,24)/t7-/m0/s1. The van der Waals surface area contributed by atoms with Gasteiger partial charge in [0.25, 0.3) is 5.91 Å². The van der Waals surface area contributed by atoms with E-state index >= 15 is 0 Å². The van der Waals surface area contributed by atoms with Gasteiger partial charge in [0.2, 0.25) is 0 Å². The number of nitrogens with two attached hydrogens (primary N) is 1. The number of rotatable bonds is 2. The Labute approximate surface area is 135 Å². The summed E-state index contributed by atoms with van der Waals surface area (Å²) in [5.74, 6) is -2.79. The van der Waals surface area contributed by atoms with Gasteiger partial charge in [0.15, 0.2) is 17.3 Å². The Hall–Kier alpha value is -3.04. The zero-order valence-electron chi connectivity index (χ0n) is 12.7. The molecule has 0 unspecified atom stereocenters. The number of nitrogens with zero attached hydrogens (tertiary/aromatic N) is 4.